The molecule has 0 aromatic heterocycles. The molecule has 3 aliphatic heterocycles. The summed E-state index contributed by atoms with van der Waals surface area (Å²) < 4.78 is 21.1. The van der Waals surface area contributed by atoms with E-state index in [9.17, 15) is 18.8 Å². The lowest BCUT2D eigenvalue weighted by Gasteiger charge is -2.34. The highest BCUT2D eigenvalue weighted by Gasteiger charge is 2.72. The molecule has 8 heteroatoms. The molecule has 204 valence electrons. The Morgan fingerprint density at radius 1 is 1.05 bits per heavy atom. The first-order chi connectivity index (χ1) is 18.8. The van der Waals surface area contributed by atoms with Crippen LogP contribution >= 0.6 is 0 Å². The number of carbonyl (C=O) groups excluding carboxylic acids is 3. The van der Waals surface area contributed by atoms with Crippen molar-refractivity contribution in [2.24, 2.45) is 11.8 Å². The van der Waals surface area contributed by atoms with Gasteiger partial charge < -0.3 is 20.3 Å². The van der Waals surface area contributed by atoms with Crippen LogP contribution in [0.3, 0.4) is 0 Å². The largest absolute Gasteiger partial charge is 0.359 e. The molecule has 1 aliphatic carbocycles. The molecule has 0 unspecified atom stereocenters. The molecule has 3 fully saturated rings. The molecule has 5 atom stereocenters. The summed E-state index contributed by atoms with van der Waals surface area (Å²) in [4.78, 5) is 43.1. The van der Waals surface area contributed by atoms with E-state index in [1.807, 2.05) is 32.0 Å². The van der Waals surface area contributed by atoms with Crippen molar-refractivity contribution in [1.29, 1.82) is 0 Å². The maximum absolute atomic E-state index is 14.7. The number of benzene rings is 2. The zero-order valence-corrected chi connectivity index (χ0v) is 22.3. The molecule has 2 aromatic carbocycles. The average Bonchev–Trinajstić information content (AvgIpc) is 3.53. The Balaban J connectivity index is 1.34. The average molecular weight is 532 g/mol. The van der Waals surface area contributed by atoms with E-state index in [4.69, 9.17) is 4.74 Å². The lowest BCUT2D eigenvalue weighted by atomic mass is 9.74. The Morgan fingerprint density at radius 3 is 2.49 bits per heavy atom. The zero-order valence-electron chi connectivity index (χ0n) is 22.3. The SMILES string of the molecule is Cc1cc(C)cc(NC(=O)[C@@H]2[C@@H]3C=C[C@]4(O3)[C@@H]2C(=O)N(Cc2ccccc2F)[C@@H]4C(=O)NC2CCCCC2)c1. The molecule has 0 radical (unpaired) electrons. The third-order valence-electron chi connectivity index (χ3n) is 8.66. The van der Waals surface area contributed by atoms with E-state index >= 15 is 0 Å². The van der Waals surface area contributed by atoms with Gasteiger partial charge >= 0.3 is 0 Å². The number of hydrogen-bond acceptors (Lipinski definition) is 4. The van der Waals surface area contributed by atoms with E-state index in [0.717, 1.165) is 43.2 Å². The first-order valence-corrected chi connectivity index (χ1v) is 13.9. The van der Waals surface area contributed by atoms with Gasteiger partial charge in [-0.15, -0.1) is 0 Å². The van der Waals surface area contributed by atoms with Gasteiger partial charge in [-0.3, -0.25) is 14.4 Å². The maximum Gasteiger partial charge on any atom is 0.246 e. The van der Waals surface area contributed by atoms with Crippen LogP contribution in [0.5, 0.6) is 0 Å². The van der Waals surface area contributed by atoms with E-state index < -0.39 is 35.4 Å². The van der Waals surface area contributed by atoms with E-state index in [0.29, 0.717) is 11.3 Å². The van der Waals surface area contributed by atoms with Crippen LogP contribution in [0.1, 0.15) is 48.8 Å². The highest BCUT2D eigenvalue weighted by molar-refractivity contribution is 6.02. The lowest BCUT2D eigenvalue weighted by Crippen LogP contribution is -2.56. The highest BCUT2D eigenvalue weighted by Crippen LogP contribution is 2.55. The van der Waals surface area contributed by atoms with Gasteiger partial charge in [-0.2, -0.15) is 0 Å². The van der Waals surface area contributed by atoms with Crippen LogP contribution < -0.4 is 10.6 Å². The molecule has 39 heavy (non-hydrogen) atoms. The molecule has 2 N–H and O–H groups in total. The topological polar surface area (TPSA) is 87.7 Å². The van der Waals surface area contributed by atoms with Crippen molar-refractivity contribution in [3.05, 3.63) is 77.1 Å². The predicted molar refractivity (Wildman–Crippen MR) is 144 cm³/mol. The summed E-state index contributed by atoms with van der Waals surface area (Å²) in [5.41, 5.74) is 1.71. The molecule has 7 nitrogen and oxygen atoms in total. The number of fused-ring (bicyclic) bond motifs is 1. The molecule has 1 saturated carbocycles. The van der Waals surface area contributed by atoms with Crippen LogP contribution in [-0.2, 0) is 25.7 Å². The minimum absolute atomic E-state index is 0.0263. The number of halogens is 1. The second-order valence-electron chi connectivity index (χ2n) is 11.5. The summed E-state index contributed by atoms with van der Waals surface area (Å²) in [5, 5.41) is 6.14. The number of ether oxygens (including phenoxy) is 1. The molecule has 2 aromatic rings. The third kappa shape index (κ3) is 4.44. The number of aryl methyl sites for hydroxylation is 2. The van der Waals surface area contributed by atoms with E-state index in [-0.39, 0.29) is 30.3 Å². The zero-order chi connectivity index (χ0) is 27.3. The summed E-state index contributed by atoms with van der Waals surface area (Å²) in [6.45, 7) is 3.83. The molecular weight excluding hydrogens is 497 g/mol. The number of carbonyl (C=O) groups is 3. The fraction of sp³-hybridized carbons (Fsp3) is 0.452. The van der Waals surface area contributed by atoms with Crippen molar-refractivity contribution < 1.29 is 23.5 Å². The molecule has 2 saturated heterocycles. The lowest BCUT2D eigenvalue weighted by molar-refractivity contribution is -0.142. The summed E-state index contributed by atoms with van der Waals surface area (Å²) >= 11 is 0. The molecule has 2 bridgehead atoms. The standard InChI is InChI=1S/C31H34FN3O4/c1-18-14-19(2)16-22(15-18)34-28(36)25-24-12-13-31(39-24)26(25)30(38)35(17-20-8-6-7-11-23(20)32)27(31)29(37)33-21-9-4-3-5-10-21/h6-8,11-16,21,24-27H,3-5,9-10,17H2,1-2H3,(H,33,37)(H,34,36)/t24-,25+,26-,27+,31-/m0/s1. The summed E-state index contributed by atoms with van der Waals surface area (Å²) in [6, 6.07) is 11.1. The number of likely N-dealkylation sites (tertiary alicyclic amines) is 1. The monoisotopic (exact) mass is 531 g/mol. The van der Waals surface area contributed by atoms with Crippen LogP contribution in [0.25, 0.3) is 0 Å². The fourth-order valence-corrected chi connectivity index (χ4v) is 7.05. The van der Waals surface area contributed by atoms with Gasteiger partial charge in [-0.25, -0.2) is 4.39 Å². The number of nitrogens with zero attached hydrogens (tertiary/aromatic N) is 1. The maximum atomic E-state index is 14.7. The highest BCUT2D eigenvalue weighted by atomic mass is 19.1. The summed E-state index contributed by atoms with van der Waals surface area (Å²) in [5.74, 6) is -3.14. The first kappa shape index (κ1) is 25.7. The number of amides is 3. The van der Waals surface area contributed by atoms with Crippen molar-refractivity contribution in [2.75, 3.05) is 5.32 Å². The van der Waals surface area contributed by atoms with E-state index in [1.165, 1.54) is 11.0 Å². The van der Waals surface area contributed by atoms with Crippen LogP contribution in [0.2, 0.25) is 0 Å². The third-order valence-corrected chi connectivity index (χ3v) is 8.66. The molecule has 3 amide bonds. The minimum Gasteiger partial charge on any atom is -0.359 e. The Hall–Kier alpha value is -3.52. The van der Waals surface area contributed by atoms with Crippen LogP contribution in [0.15, 0.2) is 54.6 Å². The van der Waals surface area contributed by atoms with Crippen LogP contribution in [0, 0.1) is 31.5 Å². The van der Waals surface area contributed by atoms with Gasteiger partial charge in [0.25, 0.3) is 0 Å². The van der Waals surface area contributed by atoms with E-state index in [2.05, 4.69) is 10.6 Å². The minimum atomic E-state index is -1.28. The predicted octanol–water partition coefficient (Wildman–Crippen LogP) is 4.18. The molecule has 6 rings (SSSR count). The smallest absolute Gasteiger partial charge is 0.246 e. The van der Waals surface area contributed by atoms with Crippen LogP contribution in [-0.4, -0.2) is 46.4 Å². The second kappa shape index (κ2) is 9.90. The fourth-order valence-electron chi connectivity index (χ4n) is 7.05. The van der Waals surface area contributed by atoms with Gasteiger partial charge in [-0.1, -0.05) is 55.7 Å². The van der Waals surface area contributed by atoms with Gasteiger partial charge in [0.2, 0.25) is 17.7 Å². The Labute approximate surface area is 227 Å². The second-order valence-corrected chi connectivity index (χ2v) is 11.5. The van der Waals surface area contributed by atoms with Crippen molar-refractivity contribution in [2.45, 2.75) is 76.3 Å². The Morgan fingerprint density at radius 2 is 1.77 bits per heavy atom. The number of rotatable bonds is 6. The number of nitrogens with one attached hydrogen (secondary N) is 2. The van der Waals surface area contributed by atoms with Gasteiger partial charge in [0, 0.05) is 23.8 Å². The van der Waals surface area contributed by atoms with Crippen LogP contribution in [0.4, 0.5) is 10.1 Å². The number of anilines is 1. The summed E-state index contributed by atoms with van der Waals surface area (Å²) in [7, 11) is 0. The van der Waals surface area contributed by atoms with Crippen molar-refractivity contribution >= 4 is 23.4 Å². The van der Waals surface area contributed by atoms with Gasteiger partial charge in [0.1, 0.15) is 17.5 Å². The van der Waals surface area contributed by atoms with Gasteiger partial charge in [0.05, 0.1) is 17.9 Å². The summed E-state index contributed by atoms with van der Waals surface area (Å²) in [6.07, 6.45) is 7.96. The molecule has 4 aliphatic rings. The Bertz CT molecular complexity index is 1330. The van der Waals surface area contributed by atoms with Gasteiger partial charge in [0.15, 0.2) is 0 Å². The Kier molecular flexibility index (Phi) is 6.53. The normalized spacial score (nSPS) is 29.5. The van der Waals surface area contributed by atoms with E-state index in [1.54, 1.807) is 30.4 Å². The first-order valence-electron chi connectivity index (χ1n) is 13.9. The van der Waals surface area contributed by atoms with Gasteiger partial charge in [-0.05, 0) is 56.0 Å². The van der Waals surface area contributed by atoms with Crippen molar-refractivity contribution in [3.63, 3.8) is 0 Å². The molecule has 1 spiro atoms. The number of hydrogen-bond donors (Lipinski definition) is 2. The molecule has 3 heterocycles. The quantitative estimate of drug-likeness (QED) is 0.548. The van der Waals surface area contributed by atoms with Crippen molar-refractivity contribution in [3.8, 4) is 0 Å². The molecular formula is C31H34FN3O4. The van der Waals surface area contributed by atoms with Crippen molar-refractivity contribution in [1.82, 2.24) is 10.2 Å².